The molecule has 26 heavy (non-hydrogen) atoms. The van der Waals surface area contributed by atoms with Gasteiger partial charge in [0.15, 0.2) is 11.6 Å². The normalized spacial score (nSPS) is 11.7. The fourth-order valence-corrected chi connectivity index (χ4v) is 2.29. The van der Waals surface area contributed by atoms with Crippen molar-refractivity contribution in [3.05, 3.63) is 70.8 Å². The Balaban J connectivity index is 1.83. The first kappa shape index (κ1) is 19.3. The molecule has 0 aliphatic carbocycles. The van der Waals surface area contributed by atoms with E-state index >= 15 is 0 Å². The van der Waals surface area contributed by atoms with Gasteiger partial charge in [0.25, 0.3) is 0 Å². The van der Waals surface area contributed by atoms with Gasteiger partial charge in [0.1, 0.15) is 0 Å². The molecule has 6 nitrogen and oxygen atoms in total. The van der Waals surface area contributed by atoms with Crippen molar-refractivity contribution in [3.63, 3.8) is 0 Å². The van der Waals surface area contributed by atoms with Crippen LogP contribution in [0.5, 0.6) is 0 Å². The van der Waals surface area contributed by atoms with Crippen LogP contribution >= 0.6 is 0 Å². The van der Waals surface area contributed by atoms with Crippen LogP contribution in [0.2, 0.25) is 0 Å². The predicted octanol–water partition coefficient (Wildman–Crippen LogP) is 1.92. The van der Waals surface area contributed by atoms with Gasteiger partial charge in [0, 0.05) is 13.1 Å². The van der Waals surface area contributed by atoms with E-state index in [2.05, 4.69) is 10.6 Å². The van der Waals surface area contributed by atoms with E-state index in [-0.39, 0.29) is 19.5 Å². The molecule has 0 spiro atoms. The lowest BCUT2D eigenvalue weighted by Gasteiger charge is -2.13. The highest BCUT2D eigenvalue weighted by Crippen LogP contribution is 2.10. The van der Waals surface area contributed by atoms with Crippen LogP contribution in [0.1, 0.15) is 16.7 Å². The Labute approximate surface area is 149 Å². The molecule has 5 N–H and O–H groups in total. The summed E-state index contributed by atoms with van der Waals surface area (Å²) in [4.78, 5) is 22.5. The van der Waals surface area contributed by atoms with Crippen molar-refractivity contribution < 1.29 is 23.5 Å². The average Bonchev–Trinajstić information content (AvgIpc) is 2.61. The van der Waals surface area contributed by atoms with Crippen LogP contribution in [0.4, 0.5) is 13.6 Å². The zero-order valence-electron chi connectivity index (χ0n) is 13.8. The second-order valence-electron chi connectivity index (χ2n) is 5.75. The quantitative estimate of drug-likeness (QED) is 0.603. The summed E-state index contributed by atoms with van der Waals surface area (Å²) in [5.41, 5.74) is 7.84. The smallest absolute Gasteiger partial charge is 0.404 e. The largest absolute Gasteiger partial charge is 0.465 e. The first-order valence-corrected chi connectivity index (χ1v) is 7.87. The third kappa shape index (κ3) is 5.82. The number of rotatable bonds is 7. The molecule has 2 amide bonds. The Morgan fingerprint density at radius 1 is 0.923 bits per heavy atom. The third-order valence-corrected chi connectivity index (χ3v) is 3.71. The summed E-state index contributed by atoms with van der Waals surface area (Å²) < 4.78 is 26.1. The maximum atomic E-state index is 13.2. The highest BCUT2D eigenvalue weighted by atomic mass is 19.2. The standard InChI is InChI=1S/C18H19F2N3O3/c19-14-6-5-13(7-15(14)20)8-16(21)17(24)22-9-11-1-3-12(4-2-11)10-23-18(25)26/h1-7,16,23H,8-10,21H2,(H,22,24)(H,25,26)/t16-/m0/s1. The first-order valence-electron chi connectivity index (χ1n) is 7.87. The van der Waals surface area contributed by atoms with Crippen LogP contribution in [0.25, 0.3) is 0 Å². The van der Waals surface area contributed by atoms with Crippen molar-refractivity contribution >= 4 is 12.0 Å². The van der Waals surface area contributed by atoms with E-state index in [9.17, 15) is 18.4 Å². The lowest BCUT2D eigenvalue weighted by atomic mass is 10.1. The van der Waals surface area contributed by atoms with E-state index < -0.39 is 29.7 Å². The SMILES string of the molecule is N[C@@H](Cc1ccc(F)c(F)c1)C(=O)NCc1ccc(CNC(=O)O)cc1. The van der Waals surface area contributed by atoms with Crippen molar-refractivity contribution in [1.29, 1.82) is 0 Å². The van der Waals surface area contributed by atoms with Gasteiger partial charge in [-0.05, 0) is 35.2 Å². The summed E-state index contributed by atoms with van der Waals surface area (Å²) in [5.74, 6) is -2.34. The molecule has 0 aliphatic rings. The highest BCUT2D eigenvalue weighted by molar-refractivity contribution is 5.81. The van der Waals surface area contributed by atoms with Crippen LogP contribution in [-0.2, 0) is 24.3 Å². The van der Waals surface area contributed by atoms with Gasteiger partial charge in [-0.1, -0.05) is 30.3 Å². The Hall–Kier alpha value is -3.00. The molecule has 0 saturated heterocycles. The van der Waals surface area contributed by atoms with E-state index in [4.69, 9.17) is 10.8 Å². The highest BCUT2D eigenvalue weighted by Gasteiger charge is 2.15. The number of carbonyl (C=O) groups is 2. The summed E-state index contributed by atoms with van der Waals surface area (Å²) in [5, 5.41) is 13.5. The fourth-order valence-electron chi connectivity index (χ4n) is 2.29. The lowest BCUT2D eigenvalue weighted by Crippen LogP contribution is -2.41. The van der Waals surface area contributed by atoms with E-state index in [0.717, 1.165) is 23.3 Å². The number of hydrogen-bond acceptors (Lipinski definition) is 3. The fraction of sp³-hybridized carbons (Fsp3) is 0.222. The Kier molecular flexibility index (Phi) is 6.62. The number of carboxylic acid groups (broad SMARTS) is 1. The van der Waals surface area contributed by atoms with Crippen LogP contribution in [0, 0.1) is 11.6 Å². The second kappa shape index (κ2) is 8.91. The zero-order chi connectivity index (χ0) is 19.1. The Morgan fingerprint density at radius 2 is 1.46 bits per heavy atom. The van der Waals surface area contributed by atoms with Crippen molar-refractivity contribution in [1.82, 2.24) is 10.6 Å². The first-order chi connectivity index (χ1) is 12.3. The van der Waals surface area contributed by atoms with Crippen molar-refractivity contribution in [2.75, 3.05) is 0 Å². The molecule has 0 radical (unpaired) electrons. The van der Waals surface area contributed by atoms with Gasteiger partial charge in [-0.3, -0.25) is 4.79 Å². The molecule has 1 atom stereocenters. The van der Waals surface area contributed by atoms with Gasteiger partial charge in [0.05, 0.1) is 6.04 Å². The Bertz CT molecular complexity index is 782. The van der Waals surface area contributed by atoms with E-state index in [0.29, 0.717) is 5.56 Å². The van der Waals surface area contributed by atoms with Crippen molar-refractivity contribution in [2.45, 2.75) is 25.6 Å². The summed E-state index contributed by atoms with van der Waals surface area (Å²) in [6, 6.07) is 9.54. The van der Waals surface area contributed by atoms with Crippen LogP contribution in [0.3, 0.4) is 0 Å². The maximum absolute atomic E-state index is 13.2. The summed E-state index contributed by atoms with van der Waals surface area (Å²) in [7, 11) is 0. The summed E-state index contributed by atoms with van der Waals surface area (Å²) in [6.45, 7) is 0.442. The molecule has 0 saturated carbocycles. The third-order valence-electron chi connectivity index (χ3n) is 3.71. The molecule has 0 unspecified atom stereocenters. The van der Waals surface area contributed by atoms with E-state index in [1.807, 2.05) is 0 Å². The molecular weight excluding hydrogens is 344 g/mol. The molecule has 0 heterocycles. The number of nitrogens with one attached hydrogen (secondary N) is 2. The maximum Gasteiger partial charge on any atom is 0.404 e. The molecule has 0 aliphatic heterocycles. The molecule has 8 heteroatoms. The van der Waals surface area contributed by atoms with E-state index in [1.54, 1.807) is 24.3 Å². The number of halogens is 2. The molecule has 0 fully saturated rings. The van der Waals surface area contributed by atoms with Crippen molar-refractivity contribution in [3.8, 4) is 0 Å². The molecular formula is C18H19F2N3O3. The molecule has 2 aromatic rings. The zero-order valence-corrected chi connectivity index (χ0v) is 13.8. The number of nitrogens with two attached hydrogens (primary N) is 1. The Morgan fingerprint density at radius 3 is 2.00 bits per heavy atom. The van der Waals surface area contributed by atoms with Crippen molar-refractivity contribution in [2.24, 2.45) is 5.73 Å². The van der Waals surface area contributed by atoms with Gasteiger partial charge in [-0.25, -0.2) is 13.6 Å². The average molecular weight is 363 g/mol. The number of amides is 2. The van der Waals surface area contributed by atoms with Gasteiger partial charge in [0.2, 0.25) is 5.91 Å². The minimum Gasteiger partial charge on any atom is -0.465 e. The van der Waals surface area contributed by atoms with Crippen LogP contribution in [0.15, 0.2) is 42.5 Å². The van der Waals surface area contributed by atoms with Crippen LogP contribution < -0.4 is 16.4 Å². The number of hydrogen-bond donors (Lipinski definition) is 4. The number of benzene rings is 2. The molecule has 2 rings (SSSR count). The number of carbonyl (C=O) groups excluding carboxylic acids is 1. The van der Waals surface area contributed by atoms with E-state index in [1.165, 1.54) is 6.07 Å². The second-order valence-corrected chi connectivity index (χ2v) is 5.75. The summed E-state index contributed by atoms with van der Waals surface area (Å²) in [6.07, 6.45) is -1.01. The molecule has 0 aromatic heterocycles. The minimum absolute atomic E-state index is 0.0861. The summed E-state index contributed by atoms with van der Waals surface area (Å²) >= 11 is 0. The van der Waals surface area contributed by atoms with Gasteiger partial charge >= 0.3 is 6.09 Å². The molecule has 138 valence electrons. The monoisotopic (exact) mass is 363 g/mol. The van der Waals surface area contributed by atoms with Gasteiger partial charge in [-0.2, -0.15) is 0 Å². The van der Waals surface area contributed by atoms with Gasteiger partial charge in [-0.15, -0.1) is 0 Å². The molecule has 0 bridgehead atoms. The predicted molar refractivity (Wildman–Crippen MR) is 91.2 cm³/mol. The lowest BCUT2D eigenvalue weighted by molar-refractivity contribution is -0.122. The van der Waals surface area contributed by atoms with Crippen LogP contribution in [-0.4, -0.2) is 23.1 Å². The minimum atomic E-state index is -1.10. The van der Waals surface area contributed by atoms with Gasteiger partial charge < -0.3 is 21.5 Å². The topological polar surface area (TPSA) is 104 Å². The molecule has 2 aromatic carbocycles.